The summed E-state index contributed by atoms with van der Waals surface area (Å²) in [5.41, 5.74) is 7.37. The van der Waals surface area contributed by atoms with E-state index in [2.05, 4.69) is 5.32 Å². The van der Waals surface area contributed by atoms with E-state index in [-0.39, 0.29) is 16.8 Å². The molecule has 0 saturated carbocycles. The second kappa shape index (κ2) is 6.32. The summed E-state index contributed by atoms with van der Waals surface area (Å²) >= 11 is 4.98. The van der Waals surface area contributed by atoms with Gasteiger partial charge in [0.1, 0.15) is 10.8 Å². The summed E-state index contributed by atoms with van der Waals surface area (Å²) in [4.78, 5) is 13.8. The van der Waals surface area contributed by atoms with E-state index in [1.165, 1.54) is 29.2 Å². The number of nitrogens with two attached hydrogens (primary N) is 1. The highest BCUT2D eigenvalue weighted by molar-refractivity contribution is 7.80. The van der Waals surface area contributed by atoms with Gasteiger partial charge in [-0.2, -0.15) is 0 Å². The fourth-order valence-electron chi connectivity index (χ4n) is 1.82. The van der Waals surface area contributed by atoms with E-state index in [1.807, 2.05) is 0 Å². The number of halogens is 1. The monoisotopic (exact) mass is 303 g/mol. The molecular weight excluding hydrogens is 289 g/mol. The molecule has 2 aromatic carbocycles. The lowest BCUT2D eigenvalue weighted by atomic mass is 10.1. The van der Waals surface area contributed by atoms with Crippen molar-refractivity contribution < 1.29 is 9.18 Å². The van der Waals surface area contributed by atoms with E-state index in [1.54, 1.807) is 31.3 Å². The van der Waals surface area contributed by atoms with Crippen LogP contribution in [0.3, 0.4) is 0 Å². The van der Waals surface area contributed by atoms with Crippen molar-refractivity contribution in [1.29, 1.82) is 0 Å². The van der Waals surface area contributed by atoms with Gasteiger partial charge in [0, 0.05) is 18.3 Å². The van der Waals surface area contributed by atoms with Crippen molar-refractivity contribution in [3.05, 3.63) is 59.9 Å². The first-order chi connectivity index (χ1) is 9.99. The highest BCUT2D eigenvalue weighted by Crippen LogP contribution is 2.20. The van der Waals surface area contributed by atoms with Crippen LogP contribution in [0.1, 0.15) is 5.56 Å². The number of thiocarbonyl (C=S) groups is 1. The Morgan fingerprint density at radius 3 is 2.43 bits per heavy atom. The van der Waals surface area contributed by atoms with E-state index in [4.69, 9.17) is 18.0 Å². The number of anilines is 2. The summed E-state index contributed by atoms with van der Waals surface area (Å²) in [7, 11) is 1.61. The molecule has 0 aliphatic rings. The van der Waals surface area contributed by atoms with Crippen LogP contribution in [0.4, 0.5) is 20.6 Å². The Labute approximate surface area is 127 Å². The molecule has 0 aliphatic carbocycles. The molecule has 6 heteroatoms. The molecular formula is C15H14FN3OS. The van der Waals surface area contributed by atoms with E-state index < -0.39 is 0 Å². The molecule has 0 bridgehead atoms. The summed E-state index contributed by atoms with van der Waals surface area (Å²) in [6.45, 7) is 0. The zero-order valence-corrected chi connectivity index (χ0v) is 12.2. The average Bonchev–Trinajstić information content (AvgIpc) is 2.48. The Morgan fingerprint density at radius 2 is 1.81 bits per heavy atom. The molecule has 2 rings (SSSR count). The van der Waals surface area contributed by atoms with Gasteiger partial charge in [-0.25, -0.2) is 9.18 Å². The summed E-state index contributed by atoms with van der Waals surface area (Å²) in [6, 6.07) is 12.2. The first kappa shape index (κ1) is 14.9. The van der Waals surface area contributed by atoms with E-state index in [0.717, 1.165) is 0 Å². The Bertz CT molecular complexity index is 673. The van der Waals surface area contributed by atoms with Gasteiger partial charge in [0.15, 0.2) is 0 Å². The van der Waals surface area contributed by atoms with Crippen LogP contribution in [0.15, 0.2) is 48.5 Å². The predicted octanol–water partition coefficient (Wildman–Crippen LogP) is 3.13. The van der Waals surface area contributed by atoms with Gasteiger partial charge in [0.25, 0.3) is 0 Å². The smallest absolute Gasteiger partial charge is 0.326 e. The number of hydrogen-bond acceptors (Lipinski definition) is 2. The first-order valence-electron chi connectivity index (χ1n) is 6.18. The average molecular weight is 303 g/mol. The molecule has 2 aromatic rings. The van der Waals surface area contributed by atoms with Gasteiger partial charge in [-0.1, -0.05) is 24.4 Å². The van der Waals surface area contributed by atoms with Gasteiger partial charge in [-0.3, -0.25) is 4.90 Å². The third-order valence-electron chi connectivity index (χ3n) is 2.93. The lowest BCUT2D eigenvalue weighted by molar-refractivity contribution is 0.258. The molecule has 0 heterocycles. The van der Waals surface area contributed by atoms with Crippen molar-refractivity contribution in [2.45, 2.75) is 0 Å². The molecule has 0 radical (unpaired) electrons. The van der Waals surface area contributed by atoms with Gasteiger partial charge in [-0.15, -0.1) is 0 Å². The topological polar surface area (TPSA) is 58.4 Å². The van der Waals surface area contributed by atoms with E-state index >= 15 is 0 Å². The molecule has 0 fully saturated rings. The molecule has 0 atom stereocenters. The van der Waals surface area contributed by atoms with Crippen LogP contribution in [0.2, 0.25) is 0 Å². The van der Waals surface area contributed by atoms with Gasteiger partial charge in [0.05, 0.1) is 5.69 Å². The maximum absolute atomic E-state index is 12.8. The quantitative estimate of drug-likeness (QED) is 0.857. The standard InChI is InChI=1S/C15H14FN3OS/c1-19(13-5-3-2-4-12(13)14(17)21)15(20)18-11-8-6-10(16)7-9-11/h2-9H,1H3,(H2,17,21)(H,18,20). The predicted molar refractivity (Wildman–Crippen MR) is 86.2 cm³/mol. The number of carbonyl (C=O) groups excluding carboxylic acids is 1. The van der Waals surface area contributed by atoms with Crippen molar-refractivity contribution >= 4 is 34.6 Å². The maximum Gasteiger partial charge on any atom is 0.326 e. The van der Waals surface area contributed by atoms with Crippen LogP contribution in [0.25, 0.3) is 0 Å². The first-order valence-corrected chi connectivity index (χ1v) is 6.59. The van der Waals surface area contributed by atoms with Crippen LogP contribution in [-0.2, 0) is 0 Å². The molecule has 21 heavy (non-hydrogen) atoms. The SMILES string of the molecule is CN(C(=O)Nc1ccc(F)cc1)c1ccccc1C(N)=S. The second-order valence-electron chi connectivity index (χ2n) is 4.38. The third-order valence-corrected chi connectivity index (χ3v) is 3.15. The number of carbonyl (C=O) groups is 1. The number of urea groups is 1. The van der Waals surface area contributed by atoms with Crippen molar-refractivity contribution in [2.75, 3.05) is 17.3 Å². The van der Waals surface area contributed by atoms with Crippen molar-refractivity contribution in [2.24, 2.45) is 5.73 Å². The molecule has 0 spiro atoms. The third kappa shape index (κ3) is 3.55. The van der Waals surface area contributed by atoms with E-state index in [0.29, 0.717) is 16.9 Å². The van der Waals surface area contributed by atoms with E-state index in [9.17, 15) is 9.18 Å². The molecule has 2 amide bonds. The fourth-order valence-corrected chi connectivity index (χ4v) is 2.00. The Morgan fingerprint density at radius 1 is 1.19 bits per heavy atom. The van der Waals surface area contributed by atoms with Crippen LogP contribution < -0.4 is 16.0 Å². The number of nitrogens with zero attached hydrogens (tertiary/aromatic N) is 1. The fraction of sp³-hybridized carbons (Fsp3) is 0.0667. The Kier molecular flexibility index (Phi) is 4.49. The summed E-state index contributed by atoms with van der Waals surface area (Å²) < 4.78 is 12.8. The van der Waals surface area contributed by atoms with Gasteiger partial charge in [0.2, 0.25) is 0 Å². The summed E-state index contributed by atoms with van der Waals surface area (Å²) in [6.07, 6.45) is 0. The van der Waals surface area contributed by atoms with Crippen LogP contribution in [0.5, 0.6) is 0 Å². The largest absolute Gasteiger partial charge is 0.389 e. The highest BCUT2D eigenvalue weighted by atomic mass is 32.1. The number of rotatable bonds is 3. The number of hydrogen-bond donors (Lipinski definition) is 2. The lowest BCUT2D eigenvalue weighted by Crippen LogP contribution is -2.32. The van der Waals surface area contributed by atoms with Crippen molar-refractivity contribution in [3.63, 3.8) is 0 Å². The Balaban J connectivity index is 2.20. The van der Waals surface area contributed by atoms with Gasteiger partial charge < -0.3 is 11.1 Å². The van der Waals surface area contributed by atoms with Crippen molar-refractivity contribution in [1.82, 2.24) is 0 Å². The number of para-hydroxylation sites is 1. The highest BCUT2D eigenvalue weighted by Gasteiger charge is 2.15. The minimum atomic E-state index is -0.370. The second-order valence-corrected chi connectivity index (χ2v) is 4.82. The molecule has 4 nitrogen and oxygen atoms in total. The summed E-state index contributed by atoms with van der Waals surface area (Å²) in [5.74, 6) is -0.361. The zero-order chi connectivity index (χ0) is 15.4. The molecule has 0 aromatic heterocycles. The number of nitrogens with one attached hydrogen (secondary N) is 1. The number of benzene rings is 2. The molecule has 108 valence electrons. The number of amides is 2. The Hall–Kier alpha value is -2.47. The van der Waals surface area contributed by atoms with Gasteiger partial charge >= 0.3 is 6.03 Å². The van der Waals surface area contributed by atoms with Crippen LogP contribution in [-0.4, -0.2) is 18.1 Å². The zero-order valence-electron chi connectivity index (χ0n) is 11.3. The normalized spacial score (nSPS) is 10.0. The summed E-state index contributed by atoms with van der Waals surface area (Å²) in [5, 5.41) is 2.67. The minimum Gasteiger partial charge on any atom is -0.389 e. The molecule has 3 N–H and O–H groups in total. The van der Waals surface area contributed by atoms with Crippen LogP contribution >= 0.6 is 12.2 Å². The van der Waals surface area contributed by atoms with Gasteiger partial charge in [-0.05, 0) is 36.4 Å². The molecule has 0 unspecified atom stereocenters. The minimum absolute atomic E-state index is 0.215. The maximum atomic E-state index is 12.8. The van der Waals surface area contributed by atoms with Crippen molar-refractivity contribution in [3.8, 4) is 0 Å². The lowest BCUT2D eigenvalue weighted by Gasteiger charge is -2.20. The molecule has 0 aliphatic heterocycles. The molecule has 0 saturated heterocycles. The van der Waals surface area contributed by atoms with Crippen LogP contribution in [0, 0.1) is 5.82 Å².